The van der Waals surface area contributed by atoms with Crippen molar-refractivity contribution < 1.29 is 19.1 Å². The maximum absolute atomic E-state index is 13.7. The van der Waals surface area contributed by atoms with Crippen molar-refractivity contribution in [2.24, 2.45) is 0 Å². The molecule has 3 aromatic rings. The number of pyridine rings is 1. The van der Waals surface area contributed by atoms with Gasteiger partial charge in [-0.05, 0) is 42.6 Å². The average molecular weight is 466 g/mol. The maximum Gasteiger partial charge on any atom is 0.280 e. The third-order valence-corrected chi connectivity index (χ3v) is 6.40. The van der Waals surface area contributed by atoms with Crippen molar-refractivity contribution in [1.82, 2.24) is 19.9 Å². The first-order valence-corrected chi connectivity index (χ1v) is 11.7. The summed E-state index contributed by atoms with van der Waals surface area (Å²) in [4.78, 5) is 33.0. The Kier molecular flexibility index (Phi) is 6.16. The molecule has 0 radical (unpaired) electrons. The smallest absolute Gasteiger partial charge is 0.280 e. The summed E-state index contributed by atoms with van der Waals surface area (Å²) in [6.07, 6.45) is 8.44. The van der Waals surface area contributed by atoms with Crippen LogP contribution in [0, 0.1) is 0 Å². The molecule has 1 aliphatic heterocycles. The Labute approximate surface area is 194 Å². The van der Waals surface area contributed by atoms with E-state index < -0.39 is 11.9 Å². The lowest BCUT2D eigenvalue weighted by Crippen LogP contribution is -2.47. The van der Waals surface area contributed by atoms with Gasteiger partial charge in [-0.1, -0.05) is 29.8 Å². The zero-order valence-electron chi connectivity index (χ0n) is 17.8. The number of fused-ring (bicyclic) bond motifs is 1. The van der Waals surface area contributed by atoms with Crippen LogP contribution in [0.3, 0.4) is 0 Å². The molecule has 3 heterocycles. The molecule has 0 spiro atoms. The Morgan fingerprint density at radius 3 is 2.73 bits per heavy atom. The van der Waals surface area contributed by atoms with Crippen LogP contribution in [0.5, 0.6) is 11.5 Å². The highest BCUT2D eigenvalue weighted by Gasteiger charge is 2.36. The number of aromatic nitrogens is 3. The standard InChI is InChI=1S/C23H23N5O4S/c29-22(25-16-6-2-1-3-7-16)21(15-5-4-10-24-12-15)28(23(30)18-13-33-27-26-18)17-8-9-19-20(11-17)32-14-31-19/h4-5,8-13,16,21H,1-3,6-7,14H2,(H,25,29)/t21-/m1/s1. The average Bonchev–Trinajstić information content (AvgIpc) is 3.55. The lowest BCUT2D eigenvalue weighted by atomic mass is 9.94. The van der Waals surface area contributed by atoms with E-state index in [1.807, 2.05) is 0 Å². The molecular weight excluding hydrogens is 442 g/mol. The van der Waals surface area contributed by atoms with Crippen LogP contribution in [-0.2, 0) is 4.79 Å². The highest BCUT2D eigenvalue weighted by atomic mass is 32.1. The fourth-order valence-electron chi connectivity index (χ4n) is 4.28. The molecule has 2 aliphatic rings. The van der Waals surface area contributed by atoms with Gasteiger partial charge in [0.1, 0.15) is 6.04 Å². The van der Waals surface area contributed by atoms with Gasteiger partial charge in [0, 0.05) is 41.1 Å². The zero-order valence-corrected chi connectivity index (χ0v) is 18.7. The predicted octanol–water partition coefficient (Wildman–Crippen LogP) is 3.50. The minimum atomic E-state index is -0.949. The summed E-state index contributed by atoms with van der Waals surface area (Å²) in [6.45, 7) is 0.108. The molecule has 2 aromatic heterocycles. The van der Waals surface area contributed by atoms with E-state index >= 15 is 0 Å². The lowest BCUT2D eigenvalue weighted by Gasteiger charge is -2.33. The van der Waals surface area contributed by atoms with Gasteiger partial charge in [-0.15, -0.1) is 5.10 Å². The summed E-state index contributed by atoms with van der Waals surface area (Å²) in [5.74, 6) is 0.407. The Morgan fingerprint density at radius 2 is 1.97 bits per heavy atom. The monoisotopic (exact) mass is 465 g/mol. The molecule has 0 bridgehead atoms. The number of ether oxygens (including phenoxy) is 2. The molecule has 0 saturated heterocycles. The number of hydrogen-bond donors (Lipinski definition) is 1. The first-order valence-electron chi connectivity index (χ1n) is 10.9. The van der Waals surface area contributed by atoms with E-state index in [9.17, 15) is 9.59 Å². The lowest BCUT2D eigenvalue weighted by molar-refractivity contribution is -0.123. The molecule has 1 saturated carbocycles. The number of carbonyl (C=O) groups excluding carboxylic acids is 2. The van der Waals surface area contributed by atoms with Gasteiger partial charge in [0.15, 0.2) is 17.2 Å². The van der Waals surface area contributed by atoms with Gasteiger partial charge < -0.3 is 14.8 Å². The minimum absolute atomic E-state index is 0.0834. The third kappa shape index (κ3) is 4.51. The molecule has 0 unspecified atom stereocenters. The minimum Gasteiger partial charge on any atom is -0.454 e. The number of anilines is 1. The molecule has 1 atom stereocenters. The summed E-state index contributed by atoms with van der Waals surface area (Å²) in [6, 6.07) is 7.86. The molecule has 10 heteroatoms. The predicted molar refractivity (Wildman–Crippen MR) is 121 cm³/mol. The number of nitrogens with zero attached hydrogens (tertiary/aromatic N) is 4. The highest BCUT2D eigenvalue weighted by molar-refractivity contribution is 7.03. The molecule has 1 fully saturated rings. The second-order valence-corrected chi connectivity index (χ2v) is 8.65. The van der Waals surface area contributed by atoms with Crippen molar-refractivity contribution in [3.8, 4) is 11.5 Å². The van der Waals surface area contributed by atoms with Crippen LogP contribution in [0.15, 0.2) is 48.1 Å². The van der Waals surface area contributed by atoms with Gasteiger partial charge in [0.25, 0.3) is 5.91 Å². The number of hydrogen-bond acceptors (Lipinski definition) is 8. The SMILES string of the molecule is O=C(NC1CCCCC1)[C@@H](c1cccnc1)N(C(=O)c1csnn1)c1ccc2c(c1)OCO2. The van der Waals surface area contributed by atoms with Gasteiger partial charge in [-0.3, -0.25) is 19.5 Å². The van der Waals surface area contributed by atoms with E-state index in [-0.39, 0.29) is 24.4 Å². The van der Waals surface area contributed by atoms with Gasteiger partial charge in [-0.2, -0.15) is 0 Å². The van der Waals surface area contributed by atoms with Crippen LogP contribution < -0.4 is 19.7 Å². The molecule has 2 amide bonds. The topological polar surface area (TPSA) is 107 Å². The molecule has 9 nitrogen and oxygen atoms in total. The van der Waals surface area contributed by atoms with Gasteiger partial charge in [0.05, 0.1) is 0 Å². The zero-order chi connectivity index (χ0) is 22.6. The number of benzene rings is 1. The Morgan fingerprint density at radius 1 is 1.12 bits per heavy atom. The van der Waals surface area contributed by atoms with E-state index in [1.54, 1.807) is 48.1 Å². The summed E-state index contributed by atoms with van der Waals surface area (Å²) in [5, 5.41) is 8.70. The summed E-state index contributed by atoms with van der Waals surface area (Å²) in [5.41, 5.74) is 1.25. The fourth-order valence-corrected chi connectivity index (χ4v) is 4.71. The number of rotatable bonds is 6. The second kappa shape index (κ2) is 9.53. The van der Waals surface area contributed by atoms with E-state index in [0.29, 0.717) is 22.7 Å². The number of amides is 2. The van der Waals surface area contributed by atoms with E-state index in [4.69, 9.17) is 9.47 Å². The molecule has 1 aliphatic carbocycles. The van der Waals surface area contributed by atoms with Crippen LogP contribution in [0.25, 0.3) is 0 Å². The quantitative estimate of drug-likeness (QED) is 0.594. The van der Waals surface area contributed by atoms with Crippen molar-refractivity contribution in [3.05, 3.63) is 59.4 Å². The number of nitrogens with one attached hydrogen (secondary N) is 1. The van der Waals surface area contributed by atoms with Crippen LogP contribution >= 0.6 is 11.5 Å². The van der Waals surface area contributed by atoms with E-state index in [0.717, 1.165) is 37.2 Å². The molecule has 170 valence electrons. The largest absolute Gasteiger partial charge is 0.454 e. The van der Waals surface area contributed by atoms with Crippen molar-refractivity contribution in [1.29, 1.82) is 0 Å². The summed E-state index contributed by atoms with van der Waals surface area (Å²) in [7, 11) is 0. The molecule has 1 aromatic carbocycles. The van der Waals surface area contributed by atoms with Crippen LogP contribution in [0.4, 0.5) is 5.69 Å². The van der Waals surface area contributed by atoms with Crippen LogP contribution in [-0.4, -0.2) is 39.2 Å². The molecule has 33 heavy (non-hydrogen) atoms. The van der Waals surface area contributed by atoms with Gasteiger partial charge in [0.2, 0.25) is 12.7 Å². The summed E-state index contributed by atoms with van der Waals surface area (Å²) >= 11 is 1.08. The highest BCUT2D eigenvalue weighted by Crippen LogP contribution is 2.38. The Hall–Kier alpha value is -3.53. The maximum atomic E-state index is 13.7. The molecule has 1 N–H and O–H groups in total. The Bertz CT molecular complexity index is 1120. The first-order chi connectivity index (χ1) is 16.2. The first kappa shape index (κ1) is 21.3. The van der Waals surface area contributed by atoms with Crippen LogP contribution in [0.2, 0.25) is 0 Å². The van der Waals surface area contributed by atoms with E-state index in [1.165, 1.54) is 11.3 Å². The second-order valence-electron chi connectivity index (χ2n) is 8.04. The van der Waals surface area contributed by atoms with Crippen molar-refractivity contribution in [2.75, 3.05) is 11.7 Å². The fraction of sp³-hybridized carbons (Fsp3) is 0.348. The number of carbonyl (C=O) groups is 2. The molecule has 5 rings (SSSR count). The molecular formula is C23H23N5O4S. The van der Waals surface area contributed by atoms with Crippen molar-refractivity contribution >= 4 is 29.0 Å². The Balaban J connectivity index is 1.57. The third-order valence-electron chi connectivity index (χ3n) is 5.89. The van der Waals surface area contributed by atoms with E-state index in [2.05, 4.69) is 19.9 Å². The van der Waals surface area contributed by atoms with Crippen molar-refractivity contribution in [2.45, 2.75) is 44.2 Å². The van der Waals surface area contributed by atoms with Crippen LogP contribution in [0.1, 0.15) is 54.2 Å². The van der Waals surface area contributed by atoms with Gasteiger partial charge in [-0.25, -0.2) is 0 Å². The van der Waals surface area contributed by atoms with Crippen molar-refractivity contribution in [3.63, 3.8) is 0 Å². The van der Waals surface area contributed by atoms with Gasteiger partial charge >= 0.3 is 0 Å². The normalized spacial score (nSPS) is 16.2. The summed E-state index contributed by atoms with van der Waals surface area (Å²) < 4.78 is 14.8.